The van der Waals surface area contributed by atoms with Crippen LogP contribution in [-0.2, 0) is 14.8 Å². The average molecular weight is 393 g/mol. The second-order valence-electron chi connectivity index (χ2n) is 6.51. The molecule has 1 unspecified atom stereocenters. The van der Waals surface area contributed by atoms with Crippen LogP contribution in [0.2, 0.25) is 5.02 Å². The van der Waals surface area contributed by atoms with Crippen LogP contribution >= 0.6 is 11.6 Å². The van der Waals surface area contributed by atoms with Crippen LogP contribution in [0.1, 0.15) is 36.9 Å². The maximum absolute atomic E-state index is 13.4. The Bertz CT molecular complexity index is 926. The molecule has 1 aliphatic heterocycles. The van der Waals surface area contributed by atoms with Crippen molar-refractivity contribution in [2.75, 3.05) is 11.9 Å². The van der Waals surface area contributed by atoms with Crippen LogP contribution in [0.15, 0.2) is 47.4 Å². The van der Waals surface area contributed by atoms with E-state index in [1.807, 2.05) is 19.1 Å². The second-order valence-corrected chi connectivity index (χ2v) is 8.80. The number of amides is 1. The first-order valence-corrected chi connectivity index (χ1v) is 10.3. The standard InChI is InChI=1S/C19H21ClN2O3S/c1-13-5-10-17(21-14(2)23)19(12-13)26(24,25)22-11-3-4-18(22)15-6-8-16(20)9-7-15/h5-10,12,18H,3-4,11H2,1-2H3,(H,21,23). The summed E-state index contributed by atoms with van der Waals surface area (Å²) in [6.45, 7) is 3.64. The summed E-state index contributed by atoms with van der Waals surface area (Å²) >= 11 is 5.96. The second kappa shape index (κ2) is 7.39. The zero-order chi connectivity index (χ0) is 18.9. The molecule has 0 aliphatic carbocycles. The molecule has 5 nitrogen and oxygen atoms in total. The van der Waals surface area contributed by atoms with Crippen LogP contribution in [0, 0.1) is 6.92 Å². The summed E-state index contributed by atoms with van der Waals surface area (Å²) in [4.78, 5) is 11.6. The Kier molecular flexibility index (Phi) is 5.37. The normalized spacial score (nSPS) is 18.0. The summed E-state index contributed by atoms with van der Waals surface area (Å²) in [5.41, 5.74) is 2.05. The average Bonchev–Trinajstić information content (AvgIpc) is 3.07. The van der Waals surface area contributed by atoms with Crippen molar-refractivity contribution >= 4 is 33.2 Å². The molecule has 3 rings (SSSR count). The molecule has 1 aliphatic rings. The minimum atomic E-state index is -3.76. The number of benzene rings is 2. The summed E-state index contributed by atoms with van der Waals surface area (Å²) in [6.07, 6.45) is 1.54. The van der Waals surface area contributed by atoms with Gasteiger partial charge in [0.15, 0.2) is 0 Å². The van der Waals surface area contributed by atoms with Gasteiger partial charge in [-0.25, -0.2) is 8.42 Å². The number of rotatable bonds is 4. The highest BCUT2D eigenvalue weighted by molar-refractivity contribution is 7.89. The Morgan fingerprint density at radius 1 is 1.19 bits per heavy atom. The maximum atomic E-state index is 13.4. The number of nitrogens with zero attached hydrogens (tertiary/aromatic N) is 1. The zero-order valence-corrected chi connectivity index (χ0v) is 16.3. The molecule has 2 aromatic carbocycles. The van der Waals surface area contributed by atoms with Gasteiger partial charge in [-0.3, -0.25) is 4.79 Å². The molecule has 0 spiro atoms. The lowest BCUT2D eigenvalue weighted by atomic mass is 10.1. The number of halogens is 1. The number of nitrogens with one attached hydrogen (secondary N) is 1. The van der Waals surface area contributed by atoms with E-state index in [0.717, 1.165) is 24.0 Å². The van der Waals surface area contributed by atoms with Crippen LogP contribution in [0.25, 0.3) is 0 Å². The van der Waals surface area contributed by atoms with Crippen molar-refractivity contribution in [3.05, 3.63) is 58.6 Å². The highest BCUT2D eigenvalue weighted by Gasteiger charge is 2.37. The van der Waals surface area contributed by atoms with Crippen molar-refractivity contribution < 1.29 is 13.2 Å². The summed E-state index contributed by atoms with van der Waals surface area (Å²) in [7, 11) is -3.76. The number of hydrogen-bond acceptors (Lipinski definition) is 3. The number of carbonyl (C=O) groups is 1. The number of carbonyl (C=O) groups excluding carboxylic acids is 1. The fourth-order valence-corrected chi connectivity index (χ4v) is 5.35. The van der Waals surface area contributed by atoms with Gasteiger partial charge in [-0.05, 0) is 55.2 Å². The van der Waals surface area contributed by atoms with Gasteiger partial charge in [0, 0.05) is 18.5 Å². The van der Waals surface area contributed by atoms with E-state index in [-0.39, 0.29) is 16.8 Å². The minimum absolute atomic E-state index is 0.133. The lowest BCUT2D eigenvalue weighted by Gasteiger charge is -2.26. The highest BCUT2D eigenvalue weighted by atomic mass is 35.5. The minimum Gasteiger partial charge on any atom is -0.325 e. The predicted molar refractivity (Wildman–Crippen MR) is 103 cm³/mol. The van der Waals surface area contributed by atoms with Gasteiger partial charge < -0.3 is 5.32 Å². The van der Waals surface area contributed by atoms with Crippen molar-refractivity contribution in [2.24, 2.45) is 0 Å². The van der Waals surface area contributed by atoms with Crippen molar-refractivity contribution in [3.63, 3.8) is 0 Å². The molecule has 0 bridgehead atoms. The Morgan fingerprint density at radius 2 is 1.88 bits per heavy atom. The van der Waals surface area contributed by atoms with E-state index in [1.165, 1.54) is 11.2 Å². The van der Waals surface area contributed by atoms with Gasteiger partial charge in [0.05, 0.1) is 11.7 Å². The Balaban J connectivity index is 2.03. The fraction of sp³-hybridized carbons (Fsp3) is 0.316. The van der Waals surface area contributed by atoms with Crippen molar-refractivity contribution in [1.29, 1.82) is 0 Å². The van der Waals surface area contributed by atoms with Gasteiger partial charge in [0.2, 0.25) is 15.9 Å². The van der Waals surface area contributed by atoms with E-state index < -0.39 is 10.0 Å². The fourth-order valence-electron chi connectivity index (χ4n) is 3.31. The van der Waals surface area contributed by atoms with E-state index in [1.54, 1.807) is 30.3 Å². The summed E-state index contributed by atoms with van der Waals surface area (Å²) < 4.78 is 28.3. The molecular formula is C19H21ClN2O3S. The van der Waals surface area contributed by atoms with Crippen molar-refractivity contribution in [1.82, 2.24) is 4.31 Å². The molecule has 1 atom stereocenters. The smallest absolute Gasteiger partial charge is 0.245 e. The summed E-state index contributed by atoms with van der Waals surface area (Å²) in [5, 5.41) is 3.25. The first-order chi connectivity index (χ1) is 12.3. The van der Waals surface area contributed by atoms with Gasteiger partial charge >= 0.3 is 0 Å². The lowest BCUT2D eigenvalue weighted by Crippen LogP contribution is -2.31. The summed E-state index contributed by atoms with van der Waals surface area (Å²) in [5.74, 6) is -0.305. The van der Waals surface area contributed by atoms with Gasteiger partial charge in [0.1, 0.15) is 4.90 Å². The van der Waals surface area contributed by atoms with Gasteiger partial charge in [-0.15, -0.1) is 0 Å². The zero-order valence-electron chi connectivity index (χ0n) is 14.7. The maximum Gasteiger partial charge on any atom is 0.245 e. The number of hydrogen-bond donors (Lipinski definition) is 1. The molecular weight excluding hydrogens is 372 g/mol. The molecule has 26 heavy (non-hydrogen) atoms. The van der Waals surface area contributed by atoms with E-state index in [4.69, 9.17) is 11.6 Å². The molecule has 1 saturated heterocycles. The Morgan fingerprint density at radius 3 is 2.54 bits per heavy atom. The van der Waals surface area contributed by atoms with Crippen molar-refractivity contribution in [2.45, 2.75) is 37.6 Å². The molecule has 7 heteroatoms. The number of aryl methyl sites for hydroxylation is 1. The van der Waals surface area contributed by atoms with E-state index >= 15 is 0 Å². The van der Waals surface area contributed by atoms with E-state index in [2.05, 4.69) is 5.32 Å². The van der Waals surface area contributed by atoms with Crippen LogP contribution < -0.4 is 5.32 Å². The van der Waals surface area contributed by atoms with Crippen LogP contribution in [-0.4, -0.2) is 25.2 Å². The third-order valence-corrected chi connectivity index (χ3v) is 6.69. The van der Waals surface area contributed by atoms with Gasteiger partial charge in [0.25, 0.3) is 0 Å². The van der Waals surface area contributed by atoms with Gasteiger partial charge in [-0.1, -0.05) is 29.8 Å². The van der Waals surface area contributed by atoms with Crippen LogP contribution in [0.3, 0.4) is 0 Å². The molecule has 0 saturated carbocycles. The molecule has 1 N–H and O–H groups in total. The first kappa shape index (κ1) is 18.9. The van der Waals surface area contributed by atoms with Gasteiger partial charge in [-0.2, -0.15) is 4.31 Å². The Hall–Kier alpha value is -1.89. The number of anilines is 1. The molecule has 0 aromatic heterocycles. The SMILES string of the molecule is CC(=O)Nc1ccc(C)cc1S(=O)(=O)N1CCCC1c1ccc(Cl)cc1. The third-order valence-electron chi connectivity index (χ3n) is 4.49. The number of sulfonamides is 1. The topological polar surface area (TPSA) is 66.5 Å². The molecule has 1 amide bonds. The monoisotopic (exact) mass is 392 g/mol. The quantitative estimate of drug-likeness (QED) is 0.850. The first-order valence-electron chi connectivity index (χ1n) is 8.44. The predicted octanol–water partition coefficient (Wildman–Crippen LogP) is 4.13. The third kappa shape index (κ3) is 3.77. The molecule has 1 fully saturated rings. The molecule has 0 radical (unpaired) electrons. The highest BCUT2D eigenvalue weighted by Crippen LogP contribution is 2.38. The van der Waals surface area contributed by atoms with Crippen LogP contribution in [0.4, 0.5) is 5.69 Å². The molecule has 138 valence electrons. The van der Waals surface area contributed by atoms with Crippen molar-refractivity contribution in [3.8, 4) is 0 Å². The summed E-state index contributed by atoms with van der Waals surface area (Å²) in [6, 6.07) is 12.1. The van der Waals surface area contributed by atoms with Crippen LogP contribution in [0.5, 0.6) is 0 Å². The largest absolute Gasteiger partial charge is 0.325 e. The lowest BCUT2D eigenvalue weighted by molar-refractivity contribution is -0.114. The Labute approximate surface area is 159 Å². The molecule has 2 aromatic rings. The molecule has 1 heterocycles. The van der Waals surface area contributed by atoms with E-state index in [9.17, 15) is 13.2 Å². The van der Waals surface area contributed by atoms with E-state index in [0.29, 0.717) is 17.3 Å².